The molecule has 1 aliphatic heterocycles. The lowest BCUT2D eigenvalue weighted by Crippen LogP contribution is -2.39. The Bertz CT molecular complexity index is 862. The van der Waals surface area contributed by atoms with E-state index >= 15 is 0 Å². The third-order valence-electron chi connectivity index (χ3n) is 5.32. The van der Waals surface area contributed by atoms with Gasteiger partial charge in [0.2, 0.25) is 5.91 Å². The minimum absolute atomic E-state index is 0.0206. The molecule has 0 saturated carbocycles. The second-order valence-corrected chi connectivity index (χ2v) is 7.70. The zero-order valence-electron chi connectivity index (χ0n) is 16.5. The first-order valence-corrected chi connectivity index (χ1v) is 10.1. The first-order chi connectivity index (χ1) is 14.0. The molecule has 2 aromatic carbocycles. The zero-order valence-corrected chi connectivity index (χ0v) is 17.2. The van der Waals surface area contributed by atoms with Gasteiger partial charge in [-0.05, 0) is 68.2 Å². The van der Waals surface area contributed by atoms with Gasteiger partial charge in [0.1, 0.15) is 5.75 Å². The van der Waals surface area contributed by atoms with Crippen LogP contribution in [0, 0.1) is 5.92 Å². The van der Waals surface area contributed by atoms with Crippen molar-refractivity contribution >= 4 is 29.1 Å². The second-order valence-electron chi connectivity index (χ2n) is 7.26. The van der Waals surface area contributed by atoms with Crippen molar-refractivity contribution in [2.24, 2.45) is 11.7 Å². The first kappa shape index (κ1) is 21.1. The van der Waals surface area contributed by atoms with E-state index in [2.05, 4.69) is 10.2 Å². The molecule has 0 bridgehead atoms. The van der Waals surface area contributed by atoms with E-state index in [0.717, 1.165) is 38.9 Å². The van der Waals surface area contributed by atoms with E-state index in [9.17, 15) is 9.59 Å². The molecule has 1 fully saturated rings. The van der Waals surface area contributed by atoms with Crippen LogP contribution in [-0.2, 0) is 11.2 Å². The molecule has 2 amide bonds. The number of methoxy groups -OCH3 is 1. The van der Waals surface area contributed by atoms with Crippen molar-refractivity contribution < 1.29 is 14.3 Å². The molecule has 1 saturated heterocycles. The van der Waals surface area contributed by atoms with Crippen molar-refractivity contribution in [3.63, 3.8) is 0 Å². The van der Waals surface area contributed by atoms with Gasteiger partial charge in [-0.1, -0.05) is 23.7 Å². The maximum absolute atomic E-state index is 12.5. The SMILES string of the molecule is COc1ccc(Cl)cc1C(=O)Nc1ccc(CCN2CCC(C(N)=O)CC2)cc1. The Morgan fingerprint density at radius 1 is 1.17 bits per heavy atom. The summed E-state index contributed by atoms with van der Waals surface area (Å²) in [6, 6.07) is 12.8. The van der Waals surface area contributed by atoms with Crippen LogP contribution < -0.4 is 15.8 Å². The standard InChI is InChI=1S/C22H26ClN3O3/c1-29-20-7-4-17(23)14-19(20)22(28)25-18-5-2-15(3-6-18)8-11-26-12-9-16(10-13-26)21(24)27/h2-7,14,16H,8-13H2,1H3,(H2,24,27)(H,25,28). The molecule has 3 N–H and O–H groups in total. The molecule has 29 heavy (non-hydrogen) atoms. The van der Waals surface area contributed by atoms with Crippen LogP contribution in [0.4, 0.5) is 5.69 Å². The van der Waals surface area contributed by atoms with Crippen LogP contribution in [0.15, 0.2) is 42.5 Å². The van der Waals surface area contributed by atoms with E-state index in [1.165, 1.54) is 12.7 Å². The summed E-state index contributed by atoms with van der Waals surface area (Å²) in [6.45, 7) is 2.75. The quantitative estimate of drug-likeness (QED) is 0.726. The lowest BCUT2D eigenvalue weighted by atomic mass is 9.96. The predicted molar refractivity (Wildman–Crippen MR) is 114 cm³/mol. The van der Waals surface area contributed by atoms with E-state index in [1.54, 1.807) is 18.2 Å². The van der Waals surface area contributed by atoms with Gasteiger partial charge in [0, 0.05) is 23.2 Å². The summed E-state index contributed by atoms with van der Waals surface area (Å²) in [5.41, 5.74) is 7.68. The number of nitrogens with one attached hydrogen (secondary N) is 1. The number of carbonyl (C=O) groups is 2. The molecule has 7 heteroatoms. The van der Waals surface area contributed by atoms with E-state index in [0.29, 0.717) is 22.0 Å². The minimum atomic E-state index is -0.269. The summed E-state index contributed by atoms with van der Waals surface area (Å²) in [7, 11) is 1.52. The fourth-order valence-electron chi connectivity index (χ4n) is 3.54. The summed E-state index contributed by atoms with van der Waals surface area (Å²) in [5, 5.41) is 3.35. The van der Waals surface area contributed by atoms with Gasteiger partial charge in [-0.25, -0.2) is 0 Å². The lowest BCUT2D eigenvalue weighted by Gasteiger charge is -2.30. The molecule has 3 rings (SSSR count). The third-order valence-corrected chi connectivity index (χ3v) is 5.56. The number of hydrogen-bond acceptors (Lipinski definition) is 4. The number of benzene rings is 2. The summed E-state index contributed by atoms with van der Waals surface area (Å²) in [5.74, 6) is 0.0444. The number of halogens is 1. The van der Waals surface area contributed by atoms with Gasteiger partial charge < -0.3 is 20.7 Å². The molecule has 2 aromatic rings. The Morgan fingerprint density at radius 3 is 2.48 bits per heavy atom. The molecule has 0 aromatic heterocycles. The highest BCUT2D eigenvalue weighted by atomic mass is 35.5. The number of nitrogens with zero attached hydrogens (tertiary/aromatic N) is 1. The molecule has 0 atom stereocenters. The number of likely N-dealkylation sites (tertiary alicyclic amines) is 1. The van der Waals surface area contributed by atoms with Crippen molar-refractivity contribution in [3.05, 3.63) is 58.6 Å². The molecule has 0 radical (unpaired) electrons. The topological polar surface area (TPSA) is 84.7 Å². The number of carbonyl (C=O) groups excluding carboxylic acids is 2. The van der Waals surface area contributed by atoms with E-state index in [1.807, 2.05) is 24.3 Å². The Morgan fingerprint density at radius 2 is 1.86 bits per heavy atom. The molecule has 6 nitrogen and oxygen atoms in total. The maximum Gasteiger partial charge on any atom is 0.259 e. The molecule has 0 spiro atoms. The van der Waals surface area contributed by atoms with Crippen LogP contribution in [0.2, 0.25) is 5.02 Å². The van der Waals surface area contributed by atoms with Crippen LogP contribution in [0.1, 0.15) is 28.8 Å². The monoisotopic (exact) mass is 415 g/mol. The van der Waals surface area contributed by atoms with Crippen molar-refractivity contribution in [2.75, 3.05) is 32.1 Å². The summed E-state index contributed by atoms with van der Waals surface area (Å²) < 4.78 is 5.24. The highest BCUT2D eigenvalue weighted by Gasteiger charge is 2.22. The van der Waals surface area contributed by atoms with Gasteiger partial charge in [-0.2, -0.15) is 0 Å². The number of nitrogens with two attached hydrogens (primary N) is 1. The number of hydrogen-bond donors (Lipinski definition) is 2. The number of amides is 2. The summed E-state index contributed by atoms with van der Waals surface area (Å²) in [6.07, 6.45) is 2.60. The van der Waals surface area contributed by atoms with Gasteiger partial charge in [-0.15, -0.1) is 0 Å². The average Bonchev–Trinajstić information content (AvgIpc) is 2.73. The van der Waals surface area contributed by atoms with E-state index in [-0.39, 0.29) is 17.7 Å². The smallest absolute Gasteiger partial charge is 0.259 e. The van der Waals surface area contributed by atoms with Crippen molar-refractivity contribution in [3.8, 4) is 5.75 Å². The Balaban J connectivity index is 1.52. The van der Waals surface area contributed by atoms with Crippen LogP contribution in [0.5, 0.6) is 5.75 Å². The fraction of sp³-hybridized carbons (Fsp3) is 0.364. The van der Waals surface area contributed by atoms with E-state index in [4.69, 9.17) is 22.1 Å². The zero-order chi connectivity index (χ0) is 20.8. The Hall–Kier alpha value is -2.57. The molecule has 1 heterocycles. The molecule has 0 unspecified atom stereocenters. The number of rotatable bonds is 7. The lowest BCUT2D eigenvalue weighted by molar-refractivity contribution is -0.123. The van der Waals surface area contributed by atoms with Crippen molar-refractivity contribution in [1.82, 2.24) is 4.90 Å². The molecule has 1 aliphatic rings. The Labute approximate surface area is 176 Å². The maximum atomic E-state index is 12.5. The molecule has 154 valence electrons. The molecule has 0 aliphatic carbocycles. The number of primary amides is 1. The number of piperidine rings is 1. The van der Waals surface area contributed by atoms with Crippen LogP contribution in [-0.4, -0.2) is 43.5 Å². The van der Waals surface area contributed by atoms with Crippen LogP contribution >= 0.6 is 11.6 Å². The number of ether oxygens (including phenoxy) is 1. The second kappa shape index (κ2) is 9.76. The Kier molecular flexibility index (Phi) is 7.12. The van der Waals surface area contributed by atoms with Gasteiger partial charge in [0.15, 0.2) is 0 Å². The van der Waals surface area contributed by atoms with Crippen LogP contribution in [0.3, 0.4) is 0 Å². The average molecular weight is 416 g/mol. The number of anilines is 1. The normalized spacial score (nSPS) is 15.1. The minimum Gasteiger partial charge on any atom is -0.496 e. The largest absolute Gasteiger partial charge is 0.496 e. The van der Waals surface area contributed by atoms with Gasteiger partial charge in [0.05, 0.1) is 12.7 Å². The highest BCUT2D eigenvalue weighted by molar-refractivity contribution is 6.31. The van der Waals surface area contributed by atoms with E-state index < -0.39 is 0 Å². The summed E-state index contributed by atoms with van der Waals surface area (Å²) >= 11 is 6.00. The van der Waals surface area contributed by atoms with Crippen molar-refractivity contribution in [1.29, 1.82) is 0 Å². The van der Waals surface area contributed by atoms with Gasteiger partial charge in [-0.3, -0.25) is 9.59 Å². The van der Waals surface area contributed by atoms with Gasteiger partial charge in [0.25, 0.3) is 5.91 Å². The fourth-order valence-corrected chi connectivity index (χ4v) is 3.71. The first-order valence-electron chi connectivity index (χ1n) is 9.72. The molecular formula is C22H26ClN3O3. The van der Waals surface area contributed by atoms with Gasteiger partial charge >= 0.3 is 0 Å². The molecular weight excluding hydrogens is 390 g/mol. The predicted octanol–water partition coefficient (Wildman–Crippen LogP) is 3.34. The highest BCUT2D eigenvalue weighted by Crippen LogP contribution is 2.24. The third kappa shape index (κ3) is 5.71. The van der Waals surface area contributed by atoms with Crippen LogP contribution in [0.25, 0.3) is 0 Å². The van der Waals surface area contributed by atoms with Crippen molar-refractivity contribution in [2.45, 2.75) is 19.3 Å². The summed E-state index contributed by atoms with van der Waals surface area (Å²) in [4.78, 5) is 26.2.